The topological polar surface area (TPSA) is 55.1 Å². The van der Waals surface area contributed by atoms with E-state index in [9.17, 15) is 0 Å². The molecule has 0 spiro atoms. The maximum atomic E-state index is 6.88. The normalized spacial score (nSPS) is 11.3. The van der Waals surface area contributed by atoms with Crippen LogP contribution in [0.3, 0.4) is 0 Å². The number of rotatable bonds is 7. The zero-order valence-corrected chi connectivity index (χ0v) is 29.2. The van der Waals surface area contributed by atoms with E-state index in [1.165, 1.54) is 0 Å². The number of anilines is 3. The van der Waals surface area contributed by atoms with E-state index in [0.29, 0.717) is 17.5 Å². The number of furan rings is 1. The molecule has 0 aliphatic carbocycles. The Balaban J connectivity index is 1.15. The van der Waals surface area contributed by atoms with E-state index in [4.69, 9.17) is 19.4 Å². The second-order valence-electron chi connectivity index (χ2n) is 13.3. The van der Waals surface area contributed by atoms with Gasteiger partial charge in [-0.1, -0.05) is 140 Å². The predicted octanol–water partition coefficient (Wildman–Crippen LogP) is 13.1. The molecule has 0 bridgehead atoms. The van der Waals surface area contributed by atoms with Crippen molar-refractivity contribution >= 4 is 49.8 Å². The zero-order chi connectivity index (χ0) is 35.8. The van der Waals surface area contributed by atoms with Crippen LogP contribution in [0.4, 0.5) is 17.1 Å². The fraction of sp³-hybridized carbons (Fsp3) is 0. The second kappa shape index (κ2) is 13.3. The summed E-state index contributed by atoms with van der Waals surface area (Å²) in [7, 11) is 0. The van der Waals surface area contributed by atoms with Gasteiger partial charge in [-0.2, -0.15) is 0 Å². The highest BCUT2D eigenvalue weighted by molar-refractivity contribution is 6.21. The molecule has 0 amide bonds. The summed E-state index contributed by atoms with van der Waals surface area (Å²) in [6.45, 7) is 0. The van der Waals surface area contributed by atoms with Crippen LogP contribution in [0.2, 0.25) is 0 Å². The van der Waals surface area contributed by atoms with Crippen LogP contribution >= 0.6 is 0 Å². The van der Waals surface area contributed by atoms with E-state index in [-0.39, 0.29) is 0 Å². The summed E-state index contributed by atoms with van der Waals surface area (Å²) in [5, 5.41) is 4.31. The van der Waals surface area contributed by atoms with Crippen LogP contribution in [0.1, 0.15) is 0 Å². The molecule has 0 saturated carbocycles. The first-order valence-corrected chi connectivity index (χ1v) is 18.0. The fourth-order valence-electron chi connectivity index (χ4n) is 7.33. The molecule has 10 rings (SSSR count). The Hall–Kier alpha value is -7.37. The molecule has 5 nitrogen and oxygen atoms in total. The molecule has 0 aliphatic heterocycles. The monoisotopic (exact) mass is 692 g/mol. The summed E-state index contributed by atoms with van der Waals surface area (Å²) in [6.07, 6.45) is 0. The van der Waals surface area contributed by atoms with Gasteiger partial charge in [-0.05, 0) is 65.0 Å². The van der Waals surface area contributed by atoms with Crippen LogP contribution in [-0.2, 0) is 0 Å². The number of benzene rings is 8. The largest absolute Gasteiger partial charge is 0.455 e. The van der Waals surface area contributed by atoms with Gasteiger partial charge >= 0.3 is 0 Å². The SMILES string of the molecule is c1ccc(-c2nc(-c3ccccc3)nc(-c3cccc(-c4cc5ccccc5c5oc6cc(N(c7ccccc7)c7ccccc7)ccc6c45)c3)n2)cc1. The van der Waals surface area contributed by atoms with Gasteiger partial charge in [-0.25, -0.2) is 15.0 Å². The minimum absolute atomic E-state index is 0.616. The number of aromatic nitrogens is 3. The third-order valence-corrected chi connectivity index (χ3v) is 9.87. The molecule has 2 aromatic heterocycles. The lowest BCUT2D eigenvalue weighted by Gasteiger charge is -2.25. The molecule has 0 unspecified atom stereocenters. The Morgan fingerprint density at radius 3 is 1.52 bits per heavy atom. The van der Waals surface area contributed by atoms with E-state index >= 15 is 0 Å². The van der Waals surface area contributed by atoms with Gasteiger partial charge in [-0.3, -0.25) is 0 Å². The van der Waals surface area contributed by atoms with Gasteiger partial charge in [0.05, 0.1) is 0 Å². The van der Waals surface area contributed by atoms with E-state index in [0.717, 1.165) is 77.6 Å². The summed E-state index contributed by atoms with van der Waals surface area (Å²) < 4.78 is 6.88. The summed E-state index contributed by atoms with van der Waals surface area (Å²) in [5.74, 6) is 1.88. The first-order chi connectivity index (χ1) is 26.8. The molecular weight excluding hydrogens is 661 g/mol. The minimum Gasteiger partial charge on any atom is -0.455 e. The molecule has 5 heteroatoms. The van der Waals surface area contributed by atoms with Crippen LogP contribution in [0.15, 0.2) is 199 Å². The fourth-order valence-corrected chi connectivity index (χ4v) is 7.33. The van der Waals surface area contributed by atoms with Crippen LogP contribution in [0.25, 0.3) is 78.0 Å². The maximum Gasteiger partial charge on any atom is 0.164 e. The smallest absolute Gasteiger partial charge is 0.164 e. The van der Waals surface area contributed by atoms with Gasteiger partial charge in [0, 0.05) is 56.0 Å². The molecule has 254 valence electrons. The van der Waals surface area contributed by atoms with Crippen molar-refractivity contribution in [3.63, 3.8) is 0 Å². The summed E-state index contributed by atoms with van der Waals surface area (Å²) in [5.41, 5.74) is 9.77. The average molecular weight is 693 g/mol. The third-order valence-electron chi connectivity index (χ3n) is 9.87. The van der Waals surface area contributed by atoms with E-state index in [1.54, 1.807) is 0 Å². The highest BCUT2D eigenvalue weighted by Crippen LogP contribution is 2.44. The molecule has 0 saturated heterocycles. The van der Waals surface area contributed by atoms with Crippen LogP contribution in [0, 0.1) is 0 Å². The van der Waals surface area contributed by atoms with E-state index in [2.05, 4.69) is 126 Å². The van der Waals surface area contributed by atoms with Crippen LogP contribution in [0.5, 0.6) is 0 Å². The molecule has 10 aromatic rings. The van der Waals surface area contributed by atoms with Crippen molar-refractivity contribution in [2.24, 2.45) is 0 Å². The summed E-state index contributed by atoms with van der Waals surface area (Å²) >= 11 is 0. The minimum atomic E-state index is 0.616. The Morgan fingerprint density at radius 2 is 0.889 bits per heavy atom. The third kappa shape index (κ3) is 5.65. The standard InChI is InChI=1S/C49H32N4O/c1-5-16-33(17-6-1)47-50-48(34-18-7-2-8-19-34)52-49(51-47)37-22-15-21-35(30-37)43-31-36-20-13-14-27-41(36)46-45(43)42-29-28-40(32-44(42)54-46)53(38-23-9-3-10-24-38)39-25-11-4-12-26-39/h1-32H. The lowest BCUT2D eigenvalue weighted by Crippen LogP contribution is -2.09. The van der Waals surface area contributed by atoms with Crippen molar-refractivity contribution in [2.75, 3.05) is 4.90 Å². The molecular formula is C49H32N4O. The van der Waals surface area contributed by atoms with Gasteiger partial charge in [0.25, 0.3) is 0 Å². The molecule has 0 fully saturated rings. The number of para-hydroxylation sites is 2. The van der Waals surface area contributed by atoms with E-state index < -0.39 is 0 Å². The molecule has 0 N–H and O–H groups in total. The Labute approximate surface area is 312 Å². The maximum absolute atomic E-state index is 6.88. The van der Waals surface area contributed by atoms with Gasteiger partial charge in [-0.15, -0.1) is 0 Å². The molecule has 54 heavy (non-hydrogen) atoms. The van der Waals surface area contributed by atoms with Gasteiger partial charge < -0.3 is 9.32 Å². The van der Waals surface area contributed by atoms with Crippen LogP contribution in [-0.4, -0.2) is 15.0 Å². The lowest BCUT2D eigenvalue weighted by atomic mass is 9.94. The molecule has 0 aliphatic rings. The van der Waals surface area contributed by atoms with Crippen molar-refractivity contribution in [3.8, 4) is 45.3 Å². The Kier molecular flexibility index (Phi) is 7.73. The quantitative estimate of drug-likeness (QED) is 0.166. The van der Waals surface area contributed by atoms with Crippen molar-refractivity contribution in [3.05, 3.63) is 194 Å². The van der Waals surface area contributed by atoms with E-state index in [1.807, 2.05) is 72.8 Å². The summed E-state index contributed by atoms with van der Waals surface area (Å²) in [4.78, 5) is 17.2. The molecule has 8 aromatic carbocycles. The number of nitrogens with zero attached hydrogens (tertiary/aromatic N) is 4. The molecule has 0 radical (unpaired) electrons. The van der Waals surface area contributed by atoms with Gasteiger partial charge in [0.1, 0.15) is 11.2 Å². The predicted molar refractivity (Wildman–Crippen MR) is 221 cm³/mol. The number of hydrogen-bond acceptors (Lipinski definition) is 5. The highest BCUT2D eigenvalue weighted by Gasteiger charge is 2.20. The van der Waals surface area contributed by atoms with Gasteiger partial charge in [0.15, 0.2) is 17.5 Å². The second-order valence-corrected chi connectivity index (χ2v) is 13.3. The van der Waals surface area contributed by atoms with Crippen LogP contribution < -0.4 is 4.90 Å². The Bertz CT molecular complexity index is 2830. The van der Waals surface area contributed by atoms with Crippen molar-refractivity contribution in [1.82, 2.24) is 15.0 Å². The first-order valence-electron chi connectivity index (χ1n) is 18.0. The first kappa shape index (κ1) is 31.4. The van der Waals surface area contributed by atoms with Crippen molar-refractivity contribution in [2.45, 2.75) is 0 Å². The molecule has 0 atom stereocenters. The highest BCUT2D eigenvalue weighted by atomic mass is 16.3. The van der Waals surface area contributed by atoms with Crippen molar-refractivity contribution < 1.29 is 4.42 Å². The zero-order valence-electron chi connectivity index (χ0n) is 29.2. The lowest BCUT2D eigenvalue weighted by molar-refractivity contribution is 0.673. The molecule has 2 heterocycles. The number of fused-ring (bicyclic) bond motifs is 5. The van der Waals surface area contributed by atoms with Crippen molar-refractivity contribution in [1.29, 1.82) is 0 Å². The summed E-state index contributed by atoms with van der Waals surface area (Å²) in [6, 6.07) is 66.8. The average Bonchev–Trinajstić information content (AvgIpc) is 3.64. The van der Waals surface area contributed by atoms with Gasteiger partial charge in [0.2, 0.25) is 0 Å². The Morgan fingerprint density at radius 1 is 0.370 bits per heavy atom. The number of hydrogen-bond donors (Lipinski definition) is 0.